The molecule has 0 radical (unpaired) electrons. The number of nitro groups is 1. The van der Waals surface area contributed by atoms with E-state index in [4.69, 9.17) is 4.18 Å². The summed E-state index contributed by atoms with van der Waals surface area (Å²) in [6, 6.07) is 3.08. The second kappa shape index (κ2) is 6.01. The molecule has 0 saturated carbocycles. The van der Waals surface area contributed by atoms with E-state index in [0.29, 0.717) is 18.5 Å². The summed E-state index contributed by atoms with van der Waals surface area (Å²) < 4.78 is 17.9. The zero-order valence-corrected chi connectivity index (χ0v) is 11.6. The lowest BCUT2D eigenvalue weighted by Crippen LogP contribution is -2.23. The zero-order valence-electron chi connectivity index (χ0n) is 10.8. The summed E-state index contributed by atoms with van der Waals surface area (Å²) in [4.78, 5) is 21.9. The van der Waals surface area contributed by atoms with Crippen LogP contribution in [0.3, 0.4) is 0 Å². The van der Waals surface area contributed by atoms with Crippen molar-refractivity contribution in [2.24, 2.45) is 5.41 Å². The lowest BCUT2D eigenvalue weighted by molar-refractivity contribution is -0.388. The molecule has 0 aromatic heterocycles. The molecule has 19 heavy (non-hydrogen) atoms. The van der Waals surface area contributed by atoms with Crippen molar-refractivity contribution in [2.45, 2.75) is 32.1 Å². The smallest absolute Gasteiger partial charge is 0.323 e. The van der Waals surface area contributed by atoms with Crippen LogP contribution in [0, 0.1) is 21.3 Å². The number of rotatable bonds is 5. The van der Waals surface area contributed by atoms with Crippen molar-refractivity contribution in [3.05, 3.63) is 34.1 Å². The highest BCUT2D eigenvalue weighted by Crippen LogP contribution is 2.33. The highest BCUT2D eigenvalue weighted by atomic mass is 32.2. The monoisotopic (exact) mass is 287 g/mol. The fourth-order valence-corrected chi connectivity index (χ4v) is 1.78. The summed E-state index contributed by atoms with van der Waals surface area (Å²) in [6.07, 6.45) is 0.581. The van der Waals surface area contributed by atoms with E-state index in [1.54, 1.807) is 13.8 Å². The average Bonchev–Trinajstić information content (AvgIpc) is 2.36. The quantitative estimate of drug-likeness (QED) is 0.469. The van der Waals surface area contributed by atoms with Crippen molar-refractivity contribution >= 4 is 23.7 Å². The number of hydrogen-bond donors (Lipinski definition) is 0. The van der Waals surface area contributed by atoms with Crippen LogP contribution in [0.4, 0.5) is 10.1 Å². The van der Waals surface area contributed by atoms with Gasteiger partial charge >= 0.3 is 5.97 Å². The Morgan fingerprint density at radius 2 is 2.16 bits per heavy atom. The average molecular weight is 287 g/mol. The Bertz CT molecular complexity index is 505. The maximum absolute atomic E-state index is 12.9. The maximum Gasteiger partial charge on any atom is 0.323 e. The molecule has 104 valence electrons. The van der Waals surface area contributed by atoms with Gasteiger partial charge in [0.25, 0.3) is 5.69 Å². The van der Waals surface area contributed by atoms with E-state index in [-0.39, 0.29) is 4.90 Å². The van der Waals surface area contributed by atoms with Crippen LogP contribution in [-0.2, 0) is 8.98 Å². The molecule has 1 aromatic rings. The Labute approximate surface area is 114 Å². The molecule has 0 bridgehead atoms. The van der Waals surface area contributed by atoms with Gasteiger partial charge in [0.1, 0.15) is 22.8 Å². The van der Waals surface area contributed by atoms with Gasteiger partial charge in [0.15, 0.2) is 0 Å². The van der Waals surface area contributed by atoms with Crippen LogP contribution >= 0.6 is 12.0 Å². The van der Waals surface area contributed by atoms with Gasteiger partial charge in [-0.25, -0.2) is 4.39 Å². The number of nitrogens with zero attached hydrogens (tertiary/aromatic N) is 1. The predicted octanol–water partition coefficient (Wildman–Crippen LogP) is 3.72. The standard InChI is InChI=1S/C12H14FNO4S/c1-4-12(2,3)11(15)18-19-10-6-5-8(13)7-9(10)14(16)17/h5-7H,4H2,1-3H3. The van der Waals surface area contributed by atoms with Crippen molar-refractivity contribution in [1.29, 1.82) is 0 Å². The van der Waals surface area contributed by atoms with Gasteiger partial charge in [-0.2, -0.15) is 0 Å². The van der Waals surface area contributed by atoms with E-state index in [1.165, 1.54) is 6.07 Å². The van der Waals surface area contributed by atoms with Crippen LogP contribution in [0.2, 0.25) is 0 Å². The Morgan fingerprint density at radius 1 is 1.53 bits per heavy atom. The molecular formula is C12H14FNO4S. The van der Waals surface area contributed by atoms with Crippen LogP contribution < -0.4 is 0 Å². The summed E-state index contributed by atoms with van der Waals surface area (Å²) >= 11 is 0.577. The number of carbonyl (C=O) groups is 1. The van der Waals surface area contributed by atoms with Gasteiger partial charge in [-0.15, -0.1) is 0 Å². The van der Waals surface area contributed by atoms with Crippen molar-refractivity contribution in [3.8, 4) is 0 Å². The van der Waals surface area contributed by atoms with Crippen molar-refractivity contribution in [2.75, 3.05) is 0 Å². The highest BCUT2D eigenvalue weighted by molar-refractivity contribution is 7.95. The molecule has 0 unspecified atom stereocenters. The molecule has 0 aliphatic heterocycles. The van der Waals surface area contributed by atoms with Gasteiger partial charge in [-0.3, -0.25) is 14.9 Å². The first kappa shape index (κ1) is 15.4. The molecule has 0 aliphatic rings. The Balaban J connectivity index is 2.84. The molecule has 0 aliphatic carbocycles. The molecule has 0 heterocycles. The van der Waals surface area contributed by atoms with Gasteiger partial charge in [-0.05, 0) is 32.4 Å². The number of benzene rings is 1. The first-order chi connectivity index (χ1) is 8.77. The lowest BCUT2D eigenvalue weighted by atomic mass is 9.91. The molecule has 5 nitrogen and oxygen atoms in total. The lowest BCUT2D eigenvalue weighted by Gasteiger charge is -2.18. The first-order valence-electron chi connectivity index (χ1n) is 5.61. The fraction of sp³-hybridized carbons (Fsp3) is 0.417. The summed E-state index contributed by atoms with van der Waals surface area (Å²) in [5, 5.41) is 10.8. The van der Waals surface area contributed by atoms with Gasteiger partial charge < -0.3 is 4.18 Å². The van der Waals surface area contributed by atoms with Crippen LogP contribution in [0.5, 0.6) is 0 Å². The van der Waals surface area contributed by atoms with Crippen molar-refractivity contribution < 1.29 is 18.3 Å². The van der Waals surface area contributed by atoms with E-state index in [1.807, 2.05) is 6.92 Å². The second-order valence-electron chi connectivity index (χ2n) is 4.56. The Kier molecular flexibility index (Phi) is 4.88. The SMILES string of the molecule is CCC(C)(C)C(=O)OSc1ccc(F)cc1[N+](=O)[O-]. The predicted molar refractivity (Wildman–Crippen MR) is 69.1 cm³/mol. The Morgan fingerprint density at radius 3 is 2.68 bits per heavy atom. The van der Waals surface area contributed by atoms with Crippen LogP contribution in [0.15, 0.2) is 23.1 Å². The van der Waals surface area contributed by atoms with Gasteiger partial charge in [0.05, 0.1) is 16.4 Å². The molecule has 0 amide bonds. The molecule has 7 heteroatoms. The molecule has 0 spiro atoms. The molecular weight excluding hydrogens is 273 g/mol. The van der Waals surface area contributed by atoms with E-state index < -0.39 is 27.8 Å². The number of hydrogen-bond acceptors (Lipinski definition) is 5. The van der Waals surface area contributed by atoms with E-state index >= 15 is 0 Å². The molecule has 1 aromatic carbocycles. The minimum atomic E-state index is -0.718. The third-order valence-corrected chi connectivity index (χ3v) is 3.52. The van der Waals surface area contributed by atoms with Crippen molar-refractivity contribution in [3.63, 3.8) is 0 Å². The van der Waals surface area contributed by atoms with E-state index in [9.17, 15) is 19.3 Å². The third kappa shape index (κ3) is 3.92. The van der Waals surface area contributed by atoms with Crippen molar-refractivity contribution in [1.82, 2.24) is 0 Å². The number of halogens is 1. The summed E-state index contributed by atoms with van der Waals surface area (Å²) in [7, 11) is 0. The van der Waals surface area contributed by atoms with Gasteiger partial charge in [0.2, 0.25) is 0 Å². The fourth-order valence-electron chi connectivity index (χ4n) is 1.04. The largest absolute Gasteiger partial charge is 0.385 e. The van der Waals surface area contributed by atoms with Gasteiger partial charge in [0, 0.05) is 0 Å². The number of nitro benzene ring substituents is 1. The summed E-state index contributed by atoms with van der Waals surface area (Å²) in [5.74, 6) is -1.19. The third-order valence-electron chi connectivity index (χ3n) is 2.76. The second-order valence-corrected chi connectivity index (χ2v) is 5.33. The summed E-state index contributed by atoms with van der Waals surface area (Å²) in [6.45, 7) is 5.27. The van der Waals surface area contributed by atoms with Gasteiger partial charge in [-0.1, -0.05) is 6.92 Å². The van der Waals surface area contributed by atoms with E-state index in [0.717, 1.165) is 12.1 Å². The molecule has 0 N–H and O–H groups in total. The minimum absolute atomic E-state index is 0.0895. The molecule has 0 saturated heterocycles. The Hall–Kier alpha value is -1.63. The highest BCUT2D eigenvalue weighted by Gasteiger charge is 2.28. The van der Waals surface area contributed by atoms with Crippen LogP contribution in [0.25, 0.3) is 0 Å². The molecule has 0 fully saturated rings. The van der Waals surface area contributed by atoms with Crippen LogP contribution in [0.1, 0.15) is 27.2 Å². The first-order valence-corrected chi connectivity index (χ1v) is 6.35. The number of carbonyl (C=O) groups excluding carboxylic acids is 1. The van der Waals surface area contributed by atoms with Crippen LogP contribution in [-0.4, -0.2) is 10.9 Å². The topological polar surface area (TPSA) is 69.4 Å². The molecule has 1 rings (SSSR count). The minimum Gasteiger partial charge on any atom is -0.385 e. The normalized spacial score (nSPS) is 11.2. The zero-order chi connectivity index (χ0) is 14.6. The summed E-state index contributed by atoms with van der Waals surface area (Å²) in [5.41, 5.74) is -1.09. The molecule has 0 atom stereocenters. The maximum atomic E-state index is 12.9. The van der Waals surface area contributed by atoms with E-state index in [2.05, 4.69) is 0 Å².